The highest BCUT2D eigenvalue weighted by molar-refractivity contribution is 7.84. The van der Waals surface area contributed by atoms with E-state index in [9.17, 15) is 17.4 Å². The van der Waals surface area contributed by atoms with Crippen molar-refractivity contribution in [1.29, 1.82) is 0 Å². The number of hydrogen-bond acceptors (Lipinski definition) is 2. The summed E-state index contributed by atoms with van der Waals surface area (Å²) in [6.07, 6.45) is -2.66. The maximum atomic E-state index is 12.3. The average Bonchev–Trinajstić information content (AvgIpc) is 2.28. The van der Waals surface area contributed by atoms with Crippen LogP contribution in [0.25, 0.3) is 0 Å². The van der Waals surface area contributed by atoms with Crippen LogP contribution >= 0.6 is 0 Å². The van der Waals surface area contributed by atoms with E-state index in [1.807, 2.05) is 6.92 Å². The lowest BCUT2D eigenvalue weighted by atomic mass is 10.1. The third-order valence-electron chi connectivity index (χ3n) is 2.61. The van der Waals surface area contributed by atoms with Crippen LogP contribution in [-0.2, 0) is 23.5 Å². The summed E-state index contributed by atoms with van der Waals surface area (Å²) in [5.74, 6) is 0. The molecule has 0 aliphatic carbocycles. The predicted octanol–water partition coefficient (Wildman–Crippen LogP) is 2.56. The summed E-state index contributed by atoms with van der Waals surface area (Å²) in [4.78, 5) is 0. The standard InChI is InChI=1S/C12H16F3NOS/c1-9(18(2)17)7-16-8-10-3-5-11(6-4-10)12(13,14)15/h3-6,9,16H,7-8H2,1-2H3. The molecule has 2 atom stereocenters. The molecule has 0 amide bonds. The molecule has 0 aliphatic rings. The van der Waals surface area contributed by atoms with Gasteiger partial charge < -0.3 is 5.32 Å². The van der Waals surface area contributed by atoms with Crippen LogP contribution in [0.5, 0.6) is 0 Å². The first kappa shape index (κ1) is 15.2. The van der Waals surface area contributed by atoms with Crippen LogP contribution in [0.15, 0.2) is 24.3 Å². The Balaban J connectivity index is 2.47. The molecule has 6 heteroatoms. The highest BCUT2D eigenvalue weighted by Gasteiger charge is 2.29. The second kappa shape index (κ2) is 6.33. The second-order valence-corrected chi connectivity index (χ2v) is 5.94. The van der Waals surface area contributed by atoms with Gasteiger partial charge >= 0.3 is 6.18 Å². The Morgan fingerprint density at radius 3 is 2.28 bits per heavy atom. The van der Waals surface area contributed by atoms with Crippen LogP contribution in [0.4, 0.5) is 13.2 Å². The number of halogens is 3. The van der Waals surface area contributed by atoms with Gasteiger partial charge in [0.15, 0.2) is 0 Å². The Kier molecular flexibility index (Phi) is 5.34. The Morgan fingerprint density at radius 1 is 1.28 bits per heavy atom. The molecule has 0 spiro atoms. The quantitative estimate of drug-likeness (QED) is 0.897. The fourth-order valence-corrected chi connectivity index (χ4v) is 1.70. The molecule has 0 heterocycles. The van der Waals surface area contributed by atoms with Gasteiger partial charge in [0.25, 0.3) is 0 Å². The zero-order chi connectivity index (χ0) is 13.8. The van der Waals surface area contributed by atoms with E-state index >= 15 is 0 Å². The van der Waals surface area contributed by atoms with E-state index < -0.39 is 22.5 Å². The summed E-state index contributed by atoms with van der Waals surface area (Å²) in [6.45, 7) is 2.90. The van der Waals surface area contributed by atoms with Crippen LogP contribution < -0.4 is 5.32 Å². The van der Waals surface area contributed by atoms with E-state index in [0.29, 0.717) is 13.1 Å². The van der Waals surface area contributed by atoms with Crippen molar-refractivity contribution in [2.75, 3.05) is 12.8 Å². The van der Waals surface area contributed by atoms with E-state index in [2.05, 4.69) is 5.32 Å². The van der Waals surface area contributed by atoms with Gasteiger partial charge in [-0.2, -0.15) is 13.2 Å². The summed E-state index contributed by atoms with van der Waals surface area (Å²) in [6, 6.07) is 5.03. The molecule has 1 N–H and O–H groups in total. The van der Waals surface area contributed by atoms with E-state index in [1.165, 1.54) is 12.1 Å². The third-order valence-corrected chi connectivity index (χ3v) is 3.91. The zero-order valence-electron chi connectivity index (χ0n) is 10.3. The minimum absolute atomic E-state index is 0.0273. The van der Waals surface area contributed by atoms with Gasteiger partial charge in [-0.1, -0.05) is 12.1 Å². The van der Waals surface area contributed by atoms with Gasteiger partial charge in [-0.05, 0) is 24.6 Å². The van der Waals surface area contributed by atoms with Gasteiger partial charge in [-0.25, -0.2) is 0 Å². The lowest BCUT2D eigenvalue weighted by Gasteiger charge is -2.11. The maximum Gasteiger partial charge on any atom is 0.416 e. The minimum Gasteiger partial charge on any atom is -0.311 e. The number of rotatable bonds is 5. The molecule has 2 nitrogen and oxygen atoms in total. The minimum atomic E-state index is -4.29. The molecule has 18 heavy (non-hydrogen) atoms. The highest BCUT2D eigenvalue weighted by atomic mass is 32.2. The van der Waals surface area contributed by atoms with Crippen molar-refractivity contribution in [2.45, 2.75) is 24.9 Å². The van der Waals surface area contributed by atoms with Crippen LogP contribution in [0.3, 0.4) is 0 Å². The first-order valence-electron chi connectivity index (χ1n) is 5.50. The normalized spacial score (nSPS) is 15.4. The molecule has 102 valence electrons. The van der Waals surface area contributed by atoms with Crippen molar-refractivity contribution in [1.82, 2.24) is 5.32 Å². The van der Waals surface area contributed by atoms with Crippen LogP contribution in [0.2, 0.25) is 0 Å². The van der Waals surface area contributed by atoms with Crippen molar-refractivity contribution < 1.29 is 17.4 Å². The summed E-state index contributed by atoms with van der Waals surface area (Å²) in [5, 5.41) is 3.09. The lowest BCUT2D eigenvalue weighted by Crippen LogP contribution is -2.27. The monoisotopic (exact) mass is 279 g/mol. The van der Waals surface area contributed by atoms with Gasteiger partial charge in [0, 0.05) is 35.4 Å². The van der Waals surface area contributed by atoms with Gasteiger partial charge in [0.1, 0.15) is 0 Å². The largest absolute Gasteiger partial charge is 0.416 e. The Labute approximate surface area is 107 Å². The topological polar surface area (TPSA) is 29.1 Å². The van der Waals surface area contributed by atoms with Crippen molar-refractivity contribution >= 4 is 10.8 Å². The Morgan fingerprint density at radius 2 is 1.83 bits per heavy atom. The number of benzene rings is 1. The van der Waals surface area contributed by atoms with E-state index in [-0.39, 0.29) is 5.25 Å². The predicted molar refractivity (Wildman–Crippen MR) is 66.7 cm³/mol. The molecule has 0 aliphatic heterocycles. The molecule has 0 fully saturated rings. The molecule has 0 bridgehead atoms. The molecule has 1 aromatic rings. The van der Waals surface area contributed by atoms with Crippen molar-refractivity contribution in [3.8, 4) is 0 Å². The van der Waals surface area contributed by atoms with Crippen LogP contribution in [0, 0.1) is 0 Å². The first-order valence-corrected chi connectivity index (χ1v) is 7.12. The van der Waals surface area contributed by atoms with Crippen molar-refractivity contribution in [2.24, 2.45) is 0 Å². The number of nitrogens with one attached hydrogen (secondary N) is 1. The molecule has 0 saturated heterocycles. The first-order chi connectivity index (χ1) is 8.30. The van der Waals surface area contributed by atoms with Crippen LogP contribution in [0.1, 0.15) is 18.1 Å². The van der Waals surface area contributed by atoms with Gasteiger partial charge in [0.05, 0.1) is 5.56 Å². The summed E-state index contributed by atoms with van der Waals surface area (Å²) in [5.41, 5.74) is 0.131. The molecular formula is C12H16F3NOS. The van der Waals surface area contributed by atoms with Crippen molar-refractivity contribution in [3.63, 3.8) is 0 Å². The van der Waals surface area contributed by atoms with Gasteiger partial charge in [-0.15, -0.1) is 0 Å². The smallest absolute Gasteiger partial charge is 0.311 e. The summed E-state index contributed by atoms with van der Waals surface area (Å²) in [7, 11) is -0.895. The van der Waals surface area contributed by atoms with Crippen LogP contribution in [-0.4, -0.2) is 22.3 Å². The van der Waals surface area contributed by atoms with E-state index in [0.717, 1.165) is 17.7 Å². The summed E-state index contributed by atoms with van der Waals surface area (Å²) >= 11 is 0. The molecule has 1 aromatic carbocycles. The fraction of sp³-hybridized carbons (Fsp3) is 0.500. The third kappa shape index (κ3) is 4.78. The molecule has 0 aromatic heterocycles. The average molecular weight is 279 g/mol. The van der Waals surface area contributed by atoms with E-state index in [1.54, 1.807) is 6.26 Å². The molecular weight excluding hydrogens is 263 g/mol. The number of alkyl halides is 3. The lowest BCUT2D eigenvalue weighted by molar-refractivity contribution is -0.137. The maximum absolute atomic E-state index is 12.3. The van der Waals surface area contributed by atoms with Gasteiger partial charge in [-0.3, -0.25) is 4.21 Å². The Hall–Kier alpha value is -0.880. The van der Waals surface area contributed by atoms with Crippen molar-refractivity contribution in [3.05, 3.63) is 35.4 Å². The zero-order valence-corrected chi connectivity index (χ0v) is 11.1. The Bertz CT molecular complexity index is 403. The second-order valence-electron chi connectivity index (χ2n) is 4.13. The molecule has 0 saturated carbocycles. The van der Waals surface area contributed by atoms with Gasteiger partial charge in [0.2, 0.25) is 0 Å². The highest BCUT2D eigenvalue weighted by Crippen LogP contribution is 2.28. The van der Waals surface area contributed by atoms with E-state index in [4.69, 9.17) is 0 Å². The molecule has 2 unspecified atom stereocenters. The molecule has 1 rings (SSSR count). The molecule has 0 radical (unpaired) electrons. The summed E-state index contributed by atoms with van der Waals surface area (Å²) < 4.78 is 48.0. The fourth-order valence-electron chi connectivity index (χ4n) is 1.35. The SMILES string of the molecule is CC(CNCc1ccc(C(F)(F)F)cc1)S(C)=O. The number of hydrogen-bond donors (Lipinski definition) is 1.